The van der Waals surface area contributed by atoms with Gasteiger partial charge in [-0.2, -0.15) is 0 Å². The van der Waals surface area contributed by atoms with Gasteiger partial charge in [0.1, 0.15) is 5.75 Å². The second kappa shape index (κ2) is 7.26. The van der Waals surface area contributed by atoms with E-state index < -0.39 is 0 Å². The van der Waals surface area contributed by atoms with Gasteiger partial charge in [0.25, 0.3) is 0 Å². The molecule has 0 fully saturated rings. The highest BCUT2D eigenvalue weighted by molar-refractivity contribution is 6.00. The summed E-state index contributed by atoms with van der Waals surface area (Å²) in [5.74, 6) is 0.0425. The van der Waals surface area contributed by atoms with Crippen LogP contribution in [0.2, 0.25) is 0 Å². The average molecular weight is 286 g/mol. The lowest BCUT2D eigenvalue weighted by Crippen LogP contribution is -2.19. The van der Waals surface area contributed by atoms with Crippen molar-refractivity contribution in [2.75, 3.05) is 0 Å². The summed E-state index contributed by atoms with van der Waals surface area (Å²) in [5.41, 5.74) is 2.28. The molecule has 0 saturated carbocycles. The first-order valence-electron chi connectivity index (χ1n) is 7.38. The minimum absolute atomic E-state index is 0.0230. The number of benzene rings is 1. The Morgan fingerprint density at radius 1 is 1.38 bits per heavy atom. The van der Waals surface area contributed by atoms with Crippen LogP contribution in [0.5, 0.6) is 5.75 Å². The Morgan fingerprint density at radius 3 is 2.57 bits per heavy atom. The first kappa shape index (κ1) is 17.2. The second-order valence-electron chi connectivity index (χ2n) is 6.25. The normalized spacial score (nSPS) is 13.3. The molecular weight excluding hydrogens is 260 g/mol. The Hall–Kier alpha value is -1.83. The molecular formula is C19H26O2. The predicted molar refractivity (Wildman–Crippen MR) is 88.8 cm³/mol. The number of phenolic OH excluding ortho intramolecular Hbond substituents is 1. The van der Waals surface area contributed by atoms with Crippen LogP contribution in [0.4, 0.5) is 0 Å². The van der Waals surface area contributed by atoms with Crippen LogP contribution < -0.4 is 0 Å². The largest absolute Gasteiger partial charge is 0.507 e. The summed E-state index contributed by atoms with van der Waals surface area (Å²) in [6.07, 6.45) is 6.21. The van der Waals surface area contributed by atoms with Crippen LogP contribution in [-0.2, 0) is 0 Å². The number of rotatable bonds is 7. The molecule has 0 heterocycles. The van der Waals surface area contributed by atoms with Gasteiger partial charge in [-0.05, 0) is 50.7 Å². The monoisotopic (exact) mass is 286 g/mol. The van der Waals surface area contributed by atoms with Crippen LogP contribution in [0.3, 0.4) is 0 Å². The van der Waals surface area contributed by atoms with Crippen molar-refractivity contribution in [1.29, 1.82) is 0 Å². The predicted octanol–water partition coefficient (Wildman–Crippen LogP) is 5.21. The highest BCUT2D eigenvalue weighted by Crippen LogP contribution is 2.33. The van der Waals surface area contributed by atoms with Gasteiger partial charge in [0.2, 0.25) is 0 Å². The average Bonchev–Trinajstić information content (AvgIpc) is 2.37. The minimum atomic E-state index is -0.252. The molecule has 0 saturated heterocycles. The van der Waals surface area contributed by atoms with E-state index in [-0.39, 0.29) is 16.9 Å². The van der Waals surface area contributed by atoms with E-state index in [4.69, 9.17) is 0 Å². The van der Waals surface area contributed by atoms with Crippen LogP contribution in [0.1, 0.15) is 56.0 Å². The number of ketones is 1. The third-order valence-corrected chi connectivity index (χ3v) is 3.85. The number of carbonyl (C=O) groups excluding carboxylic acids is 1. The van der Waals surface area contributed by atoms with E-state index >= 15 is 0 Å². The molecule has 0 aliphatic heterocycles. The van der Waals surface area contributed by atoms with Crippen molar-refractivity contribution >= 4 is 5.78 Å². The molecule has 0 spiro atoms. The number of allylic oxidation sites excluding steroid dienone is 3. The van der Waals surface area contributed by atoms with Crippen molar-refractivity contribution in [3.8, 4) is 5.75 Å². The topological polar surface area (TPSA) is 37.3 Å². The summed E-state index contributed by atoms with van der Waals surface area (Å²) in [6, 6.07) is 5.17. The zero-order chi connectivity index (χ0) is 16.0. The maximum Gasteiger partial charge on any atom is 0.167 e. The van der Waals surface area contributed by atoms with Gasteiger partial charge in [0, 0.05) is 6.42 Å². The van der Waals surface area contributed by atoms with Gasteiger partial charge >= 0.3 is 0 Å². The molecule has 21 heavy (non-hydrogen) atoms. The van der Waals surface area contributed by atoms with Crippen LogP contribution >= 0.6 is 0 Å². The van der Waals surface area contributed by atoms with Gasteiger partial charge in [-0.15, -0.1) is 6.58 Å². The van der Waals surface area contributed by atoms with E-state index in [1.165, 1.54) is 5.57 Å². The fourth-order valence-electron chi connectivity index (χ4n) is 2.42. The van der Waals surface area contributed by atoms with Gasteiger partial charge in [0.15, 0.2) is 5.78 Å². The summed E-state index contributed by atoms with van der Waals surface area (Å²) in [7, 11) is 0. The van der Waals surface area contributed by atoms with Crippen LogP contribution in [-0.4, -0.2) is 10.9 Å². The van der Waals surface area contributed by atoms with E-state index in [2.05, 4.69) is 26.5 Å². The summed E-state index contributed by atoms with van der Waals surface area (Å²) in [4.78, 5) is 12.5. The third kappa shape index (κ3) is 4.89. The van der Waals surface area contributed by atoms with Crippen LogP contribution in [0, 0.1) is 12.3 Å². The fourth-order valence-corrected chi connectivity index (χ4v) is 2.42. The lowest BCUT2D eigenvalue weighted by atomic mass is 9.79. The number of phenols is 1. The summed E-state index contributed by atoms with van der Waals surface area (Å²) in [6.45, 7) is 11.9. The summed E-state index contributed by atoms with van der Waals surface area (Å²) >= 11 is 0. The van der Waals surface area contributed by atoms with E-state index in [1.54, 1.807) is 12.1 Å². The van der Waals surface area contributed by atoms with E-state index in [0.29, 0.717) is 12.0 Å². The van der Waals surface area contributed by atoms with Crippen molar-refractivity contribution in [2.24, 2.45) is 5.41 Å². The van der Waals surface area contributed by atoms with Gasteiger partial charge in [0.05, 0.1) is 5.56 Å². The quantitative estimate of drug-likeness (QED) is 0.551. The molecule has 0 aliphatic carbocycles. The molecule has 0 aromatic heterocycles. The molecule has 1 unspecified atom stereocenters. The molecule has 1 atom stereocenters. The van der Waals surface area contributed by atoms with Crippen molar-refractivity contribution in [2.45, 2.75) is 47.0 Å². The molecule has 1 aromatic carbocycles. The minimum Gasteiger partial charge on any atom is -0.507 e. The van der Waals surface area contributed by atoms with Crippen LogP contribution in [0.25, 0.3) is 0 Å². The Kier molecular flexibility index (Phi) is 5.95. The highest BCUT2D eigenvalue weighted by atomic mass is 16.3. The smallest absolute Gasteiger partial charge is 0.167 e. The molecule has 1 aromatic rings. The lowest BCUT2D eigenvalue weighted by molar-refractivity contribution is 0.0937. The fraction of sp³-hybridized carbons (Fsp3) is 0.421. The summed E-state index contributed by atoms with van der Waals surface area (Å²) < 4.78 is 0. The Bertz CT molecular complexity index is 530. The lowest BCUT2D eigenvalue weighted by Gasteiger charge is -2.25. The van der Waals surface area contributed by atoms with E-state index in [0.717, 1.165) is 18.4 Å². The molecule has 2 nitrogen and oxygen atoms in total. The van der Waals surface area contributed by atoms with Crippen molar-refractivity contribution < 1.29 is 9.90 Å². The standard InChI is InChI=1S/C19H26O2/c1-6-19(5,12-8-9-14(2)3)13-17(21)18-15(4)10-7-11-16(18)20/h6-7,9-11,20H,1,8,12-13H2,2-5H3. The molecule has 114 valence electrons. The molecule has 1 rings (SSSR count). The molecule has 0 aliphatic rings. The second-order valence-corrected chi connectivity index (χ2v) is 6.25. The molecule has 0 amide bonds. The zero-order valence-corrected chi connectivity index (χ0v) is 13.6. The number of hydrogen-bond acceptors (Lipinski definition) is 2. The maximum absolute atomic E-state index is 12.5. The zero-order valence-electron chi connectivity index (χ0n) is 13.6. The van der Waals surface area contributed by atoms with Gasteiger partial charge < -0.3 is 5.11 Å². The first-order valence-corrected chi connectivity index (χ1v) is 7.38. The van der Waals surface area contributed by atoms with Crippen molar-refractivity contribution in [1.82, 2.24) is 0 Å². The van der Waals surface area contributed by atoms with Gasteiger partial charge in [-0.25, -0.2) is 0 Å². The van der Waals surface area contributed by atoms with Gasteiger partial charge in [-0.3, -0.25) is 4.79 Å². The van der Waals surface area contributed by atoms with Crippen molar-refractivity contribution in [3.05, 3.63) is 53.6 Å². The third-order valence-electron chi connectivity index (χ3n) is 3.85. The van der Waals surface area contributed by atoms with Crippen LogP contribution in [0.15, 0.2) is 42.5 Å². The Morgan fingerprint density at radius 2 is 2.05 bits per heavy atom. The van der Waals surface area contributed by atoms with E-state index in [9.17, 15) is 9.90 Å². The number of aromatic hydroxyl groups is 1. The van der Waals surface area contributed by atoms with Gasteiger partial charge in [-0.1, -0.05) is 36.8 Å². The first-order chi connectivity index (χ1) is 9.79. The molecule has 1 N–H and O–H groups in total. The Balaban J connectivity index is 2.88. The summed E-state index contributed by atoms with van der Waals surface area (Å²) in [5, 5.41) is 9.92. The number of aryl methyl sites for hydroxylation is 1. The number of carbonyl (C=O) groups is 1. The molecule has 0 radical (unpaired) electrons. The number of Topliss-reactive ketones (excluding diaryl/α,β-unsaturated/α-hetero) is 1. The molecule has 2 heteroatoms. The maximum atomic E-state index is 12.5. The molecule has 0 bridgehead atoms. The van der Waals surface area contributed by atoms with Crippen molar-refractivity contribution in [3.63, 3.8) is 0 Å². The number of hydrogen-bond donors (Lipinski definition) is 1. The van der Waals surface area contributed by atoms with E-state index in [1.807, 2.05) is 26.0 Å². The Labute approximate surface area is 128 Å². The highest BCUT2D eigenvalue weighted by Gasteiger charge is 2.26. The SMILES string of the molecule is C=CC(C)(CCC=C(C)C)CC(=O)c1c(C)cccc1O.